The van der Waals surface area contributed by atoms with E-state index in [2.05, 4.69) is 39.1 Å². The molecule has 0 aromatic carbocycles. The molecule has 0 fully saturated rings. The van der Waals surface area contributed by atoms with Crippen molar-refractivity contribution in [1.82, 2.24) is 0 Å². The smallest absolute Gasteiger partial charge is 0.481 e. The van der Waals surface area contributed by atoms with E-state index in [0.29, 0.717) is 13.0 Å². The molecule has 47 heavy (non-hydrogen) atoms. The minimum absolute atomic E-state index is 0.0833. The molecule has 0 aromatic rings. The molecule has 0 aliphatic heterocycles. The monoisotopic (exact) mass is 742 g/mol. The summed E-state index contributed by atoms with van der Waals surface area (Å²) in [7, 11) is -2.87. The van der Waals surface area contributed by atoms with E-state index in [0.717, 1.165) is 25.7 Å². The molecule has 0 rings (SSSR count). The molecule has 0 heterocycles. The van der Waals surface area contributed by atoms with Crippen LogP contribution in [0.1, 0.15) is 142 Å². The zero-order valence-corrected chi connectivity index (χ0v) is 31.6. The molecule has 13 nitrogen and oxygen atoms in total. The fourth-order valence-corrected chi connectivity index (χ4v) is 3.40. The topological polar surface area (TPSA) is 256 Å². The Morgan fingerprint density at radius 3 is 1.06 bits per heavy atom. The van der Waals surface area contributed by atoms with E-state index < -0.39 is 26.2 Å². The number of carboxylic acids is 3. The molecule has 0 amide bonds. The Kier molecular flexibility index (Phi) is 70.9. The van der Waals surface area contributed by atoms with E-state index in [1.54, 1.807) is 0 Å². The summed E-state index contributed by atoms with van der Waals surface area (Å²) in [5.74, 6) is -2.58. The van der Waals surface area contributed by atoms with Crippen LogP contribution in [0.5, 0.6) is 0 Å². The van der Waals surface area contributed by atoms with Crippen LogP contribution in [0.15, 0.2) is 0 Å². The molecule has 10 N–H and O–H groups in total. The van der Waals surface area contributed by atoms with Gasteiger partial charge in [-0.2, -0.15) is 25.3 Å². The highest BCUT2D eigenvalue weighted by atomic mass is 32.1. The van der Waals surface area contributed by atoms with E-state index in [1.807, 2.05) is 0 Å². The fraction of sp³-hybridized carbons (Fsp3) is 0.903. The average molecular weight is 743 g/mol. The lowest BCUT2D eigenvalue weighted by atomic mass is 10.0. The number of hydrogen-bond acceptors (Lipinski definition) is 10. The van der Waals surface area contributed by atoms with Crippen molar-refractivity contribution in [3.05, 3.63) is 0 Å². The van der Waals surface area contributed by atoms with Gasteiger partial charge in [0.2, 0.25) is 0 Å². The minimum atomic E-state index is -2.87. The Labute approximate surface area is 295 Å². The number of rotatable bonds is 24. The van der Waals surface area contributed by atoms with E-state index in [-0.39, 0.29) is 30.8 Å². The molecule has 0 saturated heterocycles. The van der Waals surface area contributed by atoms with Gasteiger partial charge in [-0.3, -0.25) is 14.4 Å². The van der Waals surface area contributed by atoms with E-state index in [9.17, 15) is 14.4 Å². The van der Waals surface area contributed by atoms with Gasteiger partial charge in [-0.1, -0.05) is 123 Å². The number of aliphatic hydroxyl groups is 3. The van der Waals surface area contributed by atoms with Gasteiger partial charge in [-0.05, 0) is 12.8 Å². The number of carboxylic acid groups (broad SMARTS) is 3. The Hall–Kier alpha value is -1.03. The van der Waals surface area contributed by atoms with E-state index >= 15 is 0 Å². The maximum Gasteiger partial charge on any atom is 0.692 e. The quantitative estimate of drug-likeness (QED) is 0.0317. The first kappa shape index (κ1) is 58.2. The summed E-state index contributed by atoms with van der Waals surface area (Å²) in [5, 5.41) is 48.0. The van der Waals surface area contributed by atoms with Crippen molar-refractivity contribution in [2.75, 3.05) is 31.3 Å². The standard InChI is InChI=1S/C18H36O2.C7H17NO.2C2H4O2S.C2H6O2.HO3P/c1-2-3-4-5-6-7-8-9-10-11-12-13-14-15-16-17-18(19)20;1-2-3-4-5-7(9)6-8;2*3-2(4)1-5;3-1-2-4;1-4(2)3/h2-17H2,1H3,(H,19,20);7,9H,2-6,8H2,1H3;2*5H,1H2,(H,3,4);3-4H,1-2H2;(H-,1,2,3)/p+1. The van der Waals surface area contributed by atoms with Crippen molar-refractivity contribution < 1.29 is 59.4 Å². The Balaban J connectivity index is -0.000000128. The van der Waals surface area contributed by atoms with Crippen molar-refractivity contribution in [3.63, 3.8) is 0 Å². The molecule has 0 radical (unpaired) electrons. The van der Waals surface area contributed by atoms with E-state index in [4.69, 9.17) is 50.7 Å². The lowest BCUT2D eigenvalue weighted by Gasteiger charge is -2.04. The Morgan fingerprint density at radius 2 is 0.851 bits per heavy atom. The summed E-state index contributed by atoms with van der Waals surface area (Å²) in [6.45, 7) is 4.57. The first-order valence-electron chi connectivity index (χ1n) is 16.6. The van der Waals surface area contributed by atoms with Crippen LogP contribution in [0.25, 0.3) is 0 Å². The molecular formula is C31H69NO12PS2+. The summed E-state index contributed by atoms with van der Waals surface area (Å²) in [6.07, 6.45) is 24.3. The Morgan fingerprint density at radius 1 is 0.596 bits per heavy atom. The molecule has 1 atom stereocenters. The van der Waals surface area contributed by atoms with Gasteiger partial charge in [0.25, 0.3) is 0 Å². The van der Waals surface area contributed by atoms with Crippen LogP contribution in [-0.2, 0) is 18.9 Å². The second-order valence-electron chi connectivity index (χ2n) is 10.3. The first-order valence-corrected chi connectivity index (χ1v) is 19.0. The lowest BCUT2D eigenvalue weighted by molar-refractivity contribution is -0.137. The highest BCUT2D eigenvalue weighted by Gasteiger charge is 1.98. The van der Waals surface area contributed by atoms with Crippen LogP contribution in [0, 0.1) is 0 Å². The number of unbranched alkanes of at least 4 members (excludes halogenated alkanes) is 16. The molecule has 286 valence electrons. The van der Waals surface area contributed by atoms with Crippen molar-refractivity contribution in [1.29, 1.82) is 0 Å². The predicted octanol–water partition coefficient (Wildman–Crippen LogP) is 5.82. The predicted molar refractivity (Wildman–Crippen MR) is 196 cm³/mol. The number of aliphatic hydroxyl groups excluding tert-OH is 3. The zero-order chi connectivity index (χ0) is 37.6. The number of carbonyl (C=O) groups is 3. The number of hydrogen-bond donors (Lipinski definition) is 11. The van der Waals surface area contributed by atoms with Crippen LogP contribution in [0.4, 0.5) is 0 Å². The average Bonchev–Trinajstić information content (AvgIpc) is 3.03. The van der Waals surface area contributed by atoms with Crippen LogP contribution in [-0.4, -0.2) is 95.7 Å². The van der Waals surface area contributed by atoms with E-state index in [1.165, 1.54) is 96.3 Å². The molecular weight excluding hydrogens is 673 g/mol. The highest BCUT2D eigenvalue weighted by molar-refractivity contribution is 7.81. The molecule has 0 bridgehead atoms. The Bertz CT molecular complexity index is 619. The van der Waals surface area contributed by atoms with Crippen molar-refractivity contribution >= 4 is 51.4 Å². The van der Waals surface area contributed by atoms with Gasteiger partial charge in [0.1, 0.15) is 0 Å². The van der Waals surface area contributed by atoms with Gasteiger partial charge < -0.3 is 36.4 Å². The van der Waals surface area contributed by atoms with Crippen molar-refractivity contribution in [2.45, 2.75) is 148 Å². The van der Waals surface area contributed by atoms with Gasteiger partial charge in [0.05, 0.1) is 30.8 Å². The summed E-state index contributed by atoms with van der Waals surface area (Å²) in [4.78, 5) is 43.2. The van der Waals surface area contributed by atoms with Gasteiger partial charge >= 0.3 is 26.2 Å². The zero-order valence-electron chi connectivity index (χ0n) is 28.9. The summed E-state index contributed by atoms with van der Waals surface area (Å²) in [6, 6.07) is 0. The largest absolute Gasteiger partial charge is 0.692 e. The molecule has 0 aliphatic carbocycles. The highest BCUT2D eigenvalue weighted by Crippen LogP contribution is 2.13. The van der Waals surface area contributed by atoms with Crippen LogP contribution in [0.3, 0.4) is 0 Å². The third-order valence-electron chi connectivity index (χ3n) is 5.78. The SMILES string of the molecule is CCCCCC(O)CN.CCCCCCCCCCCCCCCCCC(=O)O.O=C(O)CS.O=C(O)CS.O=[P+](O)O.OCCO. The molecule has 0 aromatic heterocycles. The summed E-state index contributed by atoms with van der Waals surface area (Å²) >= 11 is 6.83. The second kappa shape index (κ2) is 57.2. The molecule has 1 unspecified atom stereocenters. The number of thiol groups is 2. The van der Waals surface area contributed by atoms with Crippen LogP contribution >= 0.6 is 33.5 Å². The molecule has 0 saturated carbocycles. The van der Waals surface area contributed by atoms with Gasteiger partial charge in [0.15, 0.2) is 0 Å². The number of nitrogens with two attached hydrogens (primary N) is 1. The first-order chi connectivity index (χ1) is 22.3. The van der Waals surface area contributed by atoms with Crippen molar-refractivity contribution in [3.8, 4) is 0 Å². The molecule has 0 aliphatic rings. The second-order valence-corrected chi connectivity index (χ2v) is 11.4. The maximum absolute atomic E-state index is 10.3. The summed E-state index contributed by atoms with van der Waals surface area (Å²) < 4.78 is 8.70. The van der Waals surface area contributed by atoms with Gasteiger partial charge in [-0.15, -0.1) is 9.79 Å². The van der Waals surface area contributed by atoms with Gasteiger partial charge in [-0.25, -0.2) is 0 Å². The fourth-order valence-electron chi connectivity index (χ4n) is 3.40. The number of aliphatic carboxylic acids is 3. The maximum atomic E-state index is 10.3. The van der Waals surface area contributed by atoms with Crippen molar-refractivity contribution in [2.24, 2.45) is 5.73 Å². The molecule has 0 spiro atoms. The summed E-state index contributed by atoms with van der Waals surface area (Å²) in [5.41, 5.74) is 5.20. The van der Waals surface area contributed by atoms with Gasteiger partial charge in [0, 0.05) is 17.5 Å². The molecule has 16 heteroatoms. The third kappa shape index (κ3) is 106. The normalized spacial score (nSPS) is 10.0. The lowest BCUT2D eigenvalue weighted by Crippen LogP contribution is -2.19. The third-order valence-corrected chi connectivity index (χ3v) is 6.32. The van der Waals surface area contributed by atoms with Crippen LogP contribution in [0.2, 0.25) is 0 Å². The minimum Gasteiger partial charge on any atom is -0.481 e. The van der Waals surface area contributed by atoms with Crippen LogP contribution < -0.4 is 5.73 Å².